The van der Waals surface area contributed by atoms with Crippen molar-refractivity contribution in [1.29, 1.82) is 0 Å². The van der Waals surface area contributed by atoms with E-state index in [4.69, 9.17) is 13.9 Å². The van der Waals surface area contributed by atoms with Gasteiger partial charge in [-0.2, -0.15) is 0 Å². The Bertz CT molecular complexity index is 1630. The van der Waals surface area contributed by atoms with Gasteiger partial charge < -0.3 is 13.9 Å². The van der Waals surface area contributed by atoms with Gasteiger partial charge in [0, 0.05) is 29.2 Å². The first-order valence-corrected chi connectivity index (χ1v) is 17.8. The number of pyridine rings is 2. The summed E-state index contributed by atoms with van der Waals surface area (Å²) in [4.78, 5) is 22.1. The van der Waals surface area contributed by atoms with E-state index in [-0.39, 0.29) is 38.7 Å². The van der Waals surface area contributed by atoms with Crippen molar-refractivity contribution in [2.75, 3.05) is 12.4 Å². The Morgan fingerprint density at radius 2 is 1.88 bits per heavy atom. The number of hydrogen-bond acceptors (Lipinski definition) is 9. The Morgan fingerprint density at radius 3 is 2.53 bits per heavy atom. The minimum atomic E-state index is -1.92. The number of ether oxygens (including phenoxy) is 2. The molecule has 9 nitrogen and oxygen atoms in total. The van der Waals surface area contributed by atoms with Crippen LogP contribution in [0.15, 0.2) is 48.8 Å². The third-order valence-corrected chi connectivity index (χ3v) is 13.3. The number of methoxy groups -OCH3 is 1. The van der Waals surface area contributed by atoms with Gasteiger partial charge >= 0.3 is 0 Å². The maximum absolute atomic E-state index is 14.9. The summed E-state index contributed by atoms with van der Waals surface area (Å²) in [5.41, 5.74) is 2.94. The molecule has 5 rings (SSSR count). The Kier molecular flexibility index (Phi) is 8.38. The lowest BCUT2D eigenvalue weighted by Gasteiger charge is -2.39. The van der Waals surface area contributed by atoms with E-state index in [1.807, 2.05) is 12.3 Å². The quantitative estimate of drug-likeness (QED) is 0.184. The Morgan fingerprint density at radius 1 is 1.12 bits per heavy atom. The van der Waals surface area contributed by atoms with E-state index in [2.05, 4.69) is 65.4 Å². The van der Waals surface area contributed by atoms with Gasteiger partial charge in [-0.15, -0.1) is 5.10 Å². The molecule has 1 amide bonds. The number of carbonyl (C=O) groups excluding carboxylic acids is 1. The van der Waals surface area contributed by atoms with Gasteiger partial charge in [-0.25, -0.2) is 4.39 Å². The zero-order valence-electron chi connectivity index (χ0n) is 25.4. The summed E-state index contributed by atoms with van der Waals surface area (Å²) >= 11 is 1.08. The molecule has 0 bridgehead atoms. The largest absolute Gasteiger partial charge is 0.496 e. The minimum absolute atomic E-state index is 0.135. The standard InChI is InChI=1S/C31H36FN5O4SSi/c1-19-15-22(26-24(32)9-8-10-25(26)39-5)23(17-33-19)27(38)35-28-36-37-29(42-28)40-18-21-12-11-20(16-34-21)31(13-14-31)41-43(6,7)30(2,3)4/h8-12,15-17H,13-14,18H2,1-7H3,(H,35,36,38). The average molecular weight is 622 g/mol. The van der Waals surface area contributed by atoms with Gasteiger partial charge in [-0.1, -0.05) is 38.0 Å². The minimum Gasteiger partial charge on any atom is -0.496 e. The molecule has 0 saturated heterocycles. The summed E-state index contributed by atoms with van der Waals surface area (Å²) in [7, 11) is -0.466. The highest BCUT2D eigenvalue weighted by Crippen LogP contribution is 2.54. The van der Waals surface area contributed by atoms with Crippen LogP contribution in [0.25, 0.3) is 11.1 Å². The first-order chi connectivity index (χ1) is 20.3. The van der Waals surface area contributed by atoms with Crippen molar-refractivity contribution in [2.45, 2.75) is 70.9 Å². The van der Waals surface area contributed by atoms with Crippen LogP contribution >= 0.6 is 11.3 Å². The van der Waals surface area contributed by atoms with Gasteiger partial charge in [0.05, 0.1) is 29.5 Å². The number of anilines is 1. The van der Waals surface area contributed by atoms with E-state index < -0.39 is 20.0 Å². The molecule has 43 heavy (non-hydrogen) atoms. The SMILES string of the molecule is COc1cccc(F)c1-c1cc(C)ncc1C(=O)Nc1nnc(OCc2ccc(C3(O[Si](C)(C)C(C)(C)C)CC3)cn2)s1. The zero-order valence-corrected chi connectivity index (χ0v) is 27.3. The molecule has 0 radical (unpaired) electrons. The van der Waals surface area contributed by atoms with E-state index >= 15 is 0 Å². The van der Waals surface area contributed by atoms with Crippen LogP contribution in [-0.2, 0) is 16.6 Å². The lowest BCUT2D eigenvalue weighted by molar-refractivity contribution is 0.102. The summed E-state index contributed by atoms with van der Waals surface area (Å²) < 4.78 is 32.8. The van der Waals surface area contributed by atoms with Crippen LogP contribution in [0.3, 0.4) is 0 Å². The fourth-order valence-electron chi connectivity index (χ4n) is 4.49. The van der Waals surface area contributed by atoms with Crippen molar-refractivity contribution in [1.82, 2.24) is 20.2 Å². The van der Waals surface area contributed by atoms with Crippen LogP contribution in [0.5, 0.6) is 10.9 Å². The number of nitrogens with zero attached hydrogens (tertiary/aromatic N) is 4. The van der Waals surface area contributed by atoms with Crippen molar-refractivity contribution >= 4 is 30.7 Å². The fraction of sp³-hybridized carbons (Fsp3) is 0.387. The number of nitrogens with one attached hydrogen (secondary N) is 1. The smallest absolute Gasteiger partial charge is 0.296 e. The molecule has 1 N–H and O–H groups in total. The summed E-state index contributed by atoms with van der Waals surface area (Å²) in [6, 6.07) is 10.2. The number of halogens is 1. The molecule has 1 fully saturated rings. The number of amides is 1. The highest BCUT2D eigenvalue weighted by atomic mass is 32.1. The van der Waals surface area contributed by atoms with E-state index in [9.17, 15) is 9.18 Å². The number of carbonyl (C=O) groups is 1. The van der Waals surface area contributed by atoms with Gasteiger partial charge in [0.15, 0.2) is 8.32 Å². The molecular weight excluding hydrogens is 586 g/mol. The molecule has 1 saturated carbocycles. The Hall–Kier alpha value is -3.74. The molecule has 0 spiro atoms. The molecule has 4 aromatic rings. The molecule has 0 atom stereocenters. The van der Waals surface area contributed by atoms with Gasteiger partial charge in [-0.05, 0) is 73.5 Å². The molecular formula is C31H36FN5O4SSi. The van der Waals surface area contributed by atoms with Crippen molar-refractivity contribution in [2.24, 2.45) is 0 Å². The number of rotatable bonds is 10. The van der Waals surface area contributed by atoms with Crippen molar-refractivity contribution in [3.05, 3.63) is 77.1 Å². The predicted molar refractivity (Wildman–Crippen MR) is 167 cm³/mol. The van der Waals surface area contributed by atoms with E-state index in [0.29, 0.717) is 17.0 Å². The number of benzene rings is 1. The normalized spacial score (nSPS) is 14.3. The molecule has 12 heteroatoms. The molecule has 3 aromatic heterocycles. The van der Waals surface area contributed by atoms with E-state index in [1.54, 1.807) is 25.1 Å². The maximum atomic E-state index is 14.9. The topological polar surface area (TPSA) is 108 Å². The fourth-order valence-corrected chi connectivity index (χ4v) is 6.68. The van der Waals surface area contributed by atoms with Crippen LogP contribution in [0.2, 0.25) is 18.1 Å². The van der Waals surface area contributed by atoms with E-state index in [0.717, 1.165) is 35.4 Å². The summed E-state index contributed by atoms with van der Waals surface area (Å²) in [5, 5.41) is 11.4. The van der Waals surface area contributed by atoms with Gasteiger partial charge in [-0.3, -0.25) is 20.1 Å². The highest BCUT2D eigenvalue weighted by Gasteiger charge is 2.52. The van der Waals surface area contributed by atoms with Crippen molar-refractivity contribution < 1.29 is 23.1 Å². The first kappa shape index (κ1) is 30.7. The van der Waals surface area contributed by atoms with Crippen LogP contribution in [0, 0.1) is 12.7 Å². The Labute approximate surface area is 256 Å². The van der Waals surface area contributed by atoms with Gasteiger partial charge in [0.2, 0.25) is 5.13 Å². The molecule has 0 aliphatic heterocycles. The lowest BCUT2D eigenvalue weighted by atomic mass is 9.98. The average Bonchev–Trinajstić information content (AvgIpc) is 3.59. The molecule has 226 valence electrons. The molecule has 0 unspecified atom stereocenters. The number of aryl methyl sites for hydroxylation is 1. The van der Waals surface area contributed by atoms with E-state index in [1.165, 1.54) is 19.4 Å². The van der Waals surface area contributed by atoms with Crippen LogP contribution in [0.4, 0.5) is 9.52 Å². The van der Waals surface area contributed by atoms with Gasteiger partial charge in [0.25, 0.3) is 11.1 Å². The summed E-state index contributed by atoms with van der Waals surface area (Å²) in [5.74, 6) is -0.715. The van der Waals surface area contributed by atoms with Crippen LogP contribution < -0.4 is 14.8 Å². The molecule has 1 aromatic carbocycles. The highest BCUT2D eigenvalue weighted by molar-refractivity contribution is 7.17. The number of hydrogen-bond donors (Lipinski definition) is 1. The first-order valence-electron chi connectivity index (χ1n) is 14.0. The summed E-state index contributed by atoms with van der Waals surface area (Å²) in [6.07, 6.45) is 5.29. The van der Waals surface area contributed by atoms with Crippen LogP contribution in [-0.4, -0.2) is 41.5 Å². The number of aromatic nitrogens is 4. The second-order valence-corrected chi connectivity index (χ2v) is 17.9. The molecule has 1 aliphatic rings. The van der Waals surface area contributed by atoms with Crippen LogP contribution in [0.1, 0.15) is 60.9 Å². The van der Waals surface area contributed by atoms with Crippen molar-refractivity contribution in [3.8, 4) is 22.1 Å². The zero-order chi connectivity index (χ0) is 31.0. The van der Waals surface area contributed by atoms with Gasteiger partial charge in [0.1, 0.15) is 18.2 Å². The predicted octanol–water partition coefficient (Wildman–Crippen LogP) is 7.29. The third kappa shape index (κ3) is 6.61. The second-order valence-electron chi connectivity index (χ2n) is 12.2. The van der Waals surface area contributed by atoms with Crippen molar-refractivity contribution in [3.63, 3.8) is 0 Å². The molecule has 1 aliphatic carbocycles. The third-order valence-electron chi connectivity index (χ3n) is 8.03. The maximum Gasteiger partial charge on any atom is 0.296 e. The monoisotopic (exact) mass is 621 g/mol. The summed E-state index contributed by atoms with van der Waals surface area (Å²) in [6.45, 7) is 13.3. The second kappa shape index (κ2) is 11.7. The molecule has 3 heterocycles. The lowest BCUT2D eigenvalue weighted by Crippen LogP contribution is -2.44. The Balaban J connectivity index is 1.24.